The van der Waals surface area contributed by atoms with E-state index in [2.05, 4.69) is 10.3 Å². The Morgan fingerprint density at radius 3 is 2.32 bits per heavy atom. The third-order valence-electron chi connectivity index (χ3n) is 5.69. The maximum atomic E-state index is 12.8. The molecular weight excluding hydrogens is 300 g/mol. The van der Waals surface area contributed by atoms with E-state index in [-0.39, 0.29) is 17.0 Å². The van der Waals surface area contributed by atoms with Crippen LogP contribution in [0.2, 0.25) is 0 Å². The van der Waals surface area contributed by atoms with Crippen molar-refractivity contribution in [3.05, 3.63) is 16.1 Å². The maximum absolute atomic E-state index is 12.8. The van der Waals surface area contributed by atoms with Crippen LogP contribution in [0.15, 0.2) is 5.38 Å². The second kappa shape index (κ2) is 5.05. The van der Waals surface area contributed by atoms with Crippen LogP contribution < -0.4 is 5.32 Å². The molecule has 0 aromatic carbocycles. The normalized spacial score (nSPS) is 35.5. The SMILES string of the molecule is O=C(O)c1csc(CNC(=O)C23CC4CC(CC(C4)C2)C3)n1. The molecule has 1 aromatic rings. The number of amides is 1. The van der Waals surface area contributed by atoms with Crippen molar-refractivity contribution in [3.8, 4) is 0 Å². The highest BCUT2D eigenvalue weighted by Crippen LogP contribution is 2.60. The van der Waals surface area contributed by atoms with Crippen molar-refractivity contribution in [1.82, 2.24) is 10.3 Å². The van der Waals surface area contributed by atoms with Crippen molar-refractivity contribution in [2.45, 2.75) is 45.1 Å². The molecule has 4 aliphatic rings. The molecule has 1 aromatic heterocycles. The molecule has 5 rings (SSSR count). The summed E-state index contributed by atoms with van der Waals surface area (Å²) in [6, 6.07) is 0. The quantitative estimate of drug-likeness (QED) is 0.894. The average Bonchev–Trinajstić information content (AvgIpc) is 2.92. The Bertz CT molecular complexity index is 589. The van der Waals surface area contributed by atoms with Crippen LogP contribution in [0.5, 0.6) is 0 Å². The number of hydrogen-bond donors (Lipinski definition) is 2. The van der Waals surface area contributed by atoms with E-state index in [0.717, 1.165) is 37.0 Å². The van der Waals surface area contributed by atoms with E-state index in [0.29, 0.717) is 11.6 Å². The Balaban J connectivity index is 1.42. The number of aromatic carboxylic acids is 1. The summed E-state index contributed by atoms with van der Waals surface area (Å²) in [5.41, 5.74) is -0.0918. The van der Waals surface area contributed by atoms with Crippen LogP contribution in [0.1, 0.15) is 54.0 Å². The summed E-state index contributed by atoms with van der Waals surface area (Å²) >= 11 is 1.29. The van der Waals surface area contributed by atoms with Crippen molar-refractivity contribution in [2.75, 3.05) is 0 Å². The molecule has 0 aliphatic heterocycles. The minimum Gasteiger partial charge on any atom is -0.476 e. The van der Waals surface area contributed by atoms with Crippen molar-refractivity contribution in [1.29, 1.82) is 0 Å². The van der Waals surface area contributed by atoms with E-state index < -0.39 is 5.97 Å². The molecule has 0 unspecified atom stereocenters. The number of carbonyl (C=O) groups is 2. The van der Waals surface area contributed by atoms with Crippen LogP contribution in [0.4, 0.5) is 0 Å². The van der Waals surface area contributed by atoms with E-state index in [1.165, 1.54) is 36.0 Å². The van der Waals surface area contributed by atoms with Crippen molar-refractivity contribution >= 4 is 23.2 Å². The number of thiazole rings is 1. The molecule has 6 heteroatoms. The number of carbonyl (C=O) groups excluding carboxylic acids is 1. The topological polar surface area (TPSA) is 79.3 Å². The van der Waals surface area contributed by atoms with Gasteiger partial charge in [-0.3, -0.25) is 4.79 Å². The molecule has 5 nitrogen and oxygen atoms in total. The first kappa shape index (κ1) is 14.2. The lowest BCUT2D eigenvalue weighted by molar-refractivity contribution is -0.146. The molecule has 4 aliphatic carbocycles. The first-order valence-corrected chi connectivity index (χ1v) is 8.88. The molecule has 22 heavy (non-hydrogen) atoms. The fourth-order valence-electron chi connectivity index (χ4n) is 5.22. The monoisotopic (exact) mass is 320 g/mol. The zero-order valence-electron chi connectivity index (χ0n) is 12.4. The van der Waals surface area contributed by atoms with E-state index in [1.54, 1.807) is 0 Å². The van der Waals surface area contributed by atoms with Gasteiger partial charge in [-0.25, -0.2) is 9.78 Å². The van der Waals surface area contributed by atoms with Crippen LogP contribution in [0.25, 0.3) is 0 Å². The van der Waals surface area contributed by atoms with Gasteiger partial charge in [-0.05, 0) is 56.3 Å². The van der Waals surface area contributed by atoms with Crippen molar-refractivity contribution in [3.63, 3.8) is 0 Å². The summed E-state index contributed by atoms with van der Waals surface area (Å²) in [5, 5.41) is 14.1. The third kappa shape index (κ3) is 2.33. The number of nitrogens with one attached hydrogen (secondary N) is 1. The summed E-state index contributed by atoms with van der Waals surface area (Å²) in [5.74, 6) is 1.38. The maximum Gasteiger partial charge on any atom is 0.355 e. The molecule has 4 bridgehead atoms. The molecule has 1 amide bonds. The minimum atomic E-state index is -1.02. The van der Waals surface area contributed by atoms with Crippen LogP contribution in [0.3, 0.4) is 0 Å². The van der Waals surface area contributed by atoms with E-state index in [9.17, 15) is 9.59 Å². The van der Waals surface area contributed by atoms with Gasteiger partial charge in [0.05, 0.1) is 6.54 Å². The van der Waals surface area contributed by atoms with Crippen LogP contribution in [-0.2, 0) is 11.3 Å². The smallest absolute Gasteiger partial charge is 0.355 e. The zero-order valence-corrected chi connectivity index (χ0v) is 13.2. The zero-order chi connectivity index (χ0) is 15.3. The van der Waals surface area contributed by atoms with Gasteiger partial charge in [-0.1, -0.05) is 0 Å². The Labute approximate surface area is 133 Å². The molecule has 0 saturated heterocycles. The Morgan fingerprint density at radius 2 is 1.82 bits per heavy atom. The number of carboxylic acid groups (broad SMARTS) is 1. The molecule has 2 N–H and O–H groups in total. The van der Waals surface area contributed by atoms with Gasteiger partial charge in [0.1, 0.15) is 5.01 Å². The first-order chi connectivity index (χ1) is 10.5. The Hall–Kier alpha value is -1.43. The van der Waals surface area contributed by atoms with Gasteiger partial charge in [0.15, 0.2) is 5.69 Å². The molecule has 1 heterocycles. The van der Waals surface area contributed by atoms with Crippen LogP contribution >= 0.6 is 11.3 Å². The van der Waals surface area contributed by atoms with Gasteiger partial charge in [0.2, 0.25) is 5.91 Å². The van der Waals surface area contributed by atoms with E-state index in [1.807, 2.05) is 0 Å². The second-order valence-corrected chi connectivity index (χ2v) is 8.25. The molecule has 4 fully saturated rings. The van der Waals surface area contributed by atoms with Gasteiger partial charge in [0.25, 0.3) is 0 Å². The van der Waals surface area contributed by atoms with Crippen LogP contribution in [0, 0.1) is 23.2 Å². The highest BCUT2D eigenvalue weighted by atomic mass is 32.1. The standard InChI is InChI=1S/C16H20N2O3S/c19-14(20)12-8-22-13(18-12)7-17-15(21)16-4-9-1-10(5-16)3-11(2-9)6-16/h8-11H,1-7H2,(H,17,21)(H,19,20). The number of aromatic nitrogens is 1. The number of nitrogens with zero attached hydrogens (tertiary/aromatic N) is 1. The summed E-state index contributed by atoms with van der Waals surface area (Å²) in [7, 11) is 0. The van der Waals surface area contributed by atoms with Crippen molar-refractivity contribution in [2.24, 2.45) is 23.2 Å². The molecule has 0 radical (unpaired) electrons. The molecule has 4 saturated carbocycles. The number of rotatable bonds is 4. The van der Waals surface area contributed by atoms with Crippen LogP contribution in [-0.4, -0.2) is 22.0 Å². The fourth-order valence-corrected chi connectivity index (χ4v) is 5.93. The third-order valence-corrected chi connectivity index (χ3v) is 6.54. The average molecular weight is 320 g/mol. The molecular formula is C16H20N2O3S. The molecule has 0 atom stereocenters. The summed E-state index contributed by atoms with van der Waals surface area (Å²) in [6.45, 7) is 0.346. The number of hydrogen-bond acceptors (Lipinski definition) is 4. The summed E-state index contributed by atoms with van der Waals surface area (Å²) in [6.07, 6.45) is 7.10. The highest BCUT2D eigenvalue weighted by Gasteiger charge is 2.54. The predicted octanol–water partition coefficient (Wildman–Crippen LogP) is 2.67. The number of carboxylic acids is 1. The van der Waals surface area contributed by atoms with Gasteiger partial charge < -0.3 is 10.4 Å². The molecule has 118 valence electrons. The lowest BCUT2D eigenvalue weighted by Gasteiger charge is -2.55. The second-order valence-electron chi connectivity index (χ2n) is 7.31. The van der Waals surface area contributed by atoms with Gasteiger partial charge in [0, 0.05) is 10.8 Å². The summed E-state index contributed by atoms with van der Waals surface area (Å²) in [4.78, 5) is 27.6. The van der Waals surface area contributed by atoms with Gasteiger partial charge in [-0.15, -0.1) is 11.3 Å². The fraction of sp³-hybridized carbons (Fsp3) is 0.688. The van der Waals surface area contributed by atoms with Gasteiger partial charge >= 0.3 is 5.97 Å². The summed E-state index contributed by atoms with van der Waals surface area (Å²) < 4.78 is 0. The predicted molar refractivity (Wildman–Crippen MR) is 81.5 cm³/mol. The lowest BCUT2D eigenvalue weighted by atomic mass is 9.49. The van der Waals surface area contributed by atoms with E-state index in [4.69, 9.17) is 5.11 Å². The largest absolute Gasteiger partial charge is 0.476 e. The first-order valence-electron chi connectivity index (χ1n) is 8.00. The Morgan fingerprint density at radius 1 is 1.23 bits per heavy atom. The van der Waals surface area contributed by atoms with Crippen molar-refractivity contribution < 1.29 is 14.7 Å². The minimum absolute atomic E-state index is 0.0593. The Kier molecular flexibility index (Phi) is 3.25. The molecule has 0 spiro atoms. The highest BCUT2D eigenvalue weighted by molar-refractivity contribution is 7.09. The lowest BCUT2D eigenvalue weighted by Crippen LogP contribution is -2.53. The van der Waals surface area contributed by atoms with E-state index >= 15 is 0 Å². The van der Waals surface area contributed by atoms with Gasteiger partial charge in [-0.2, -0.15) is 0 Å².